The summed E-state index contributed by atoms with van der Waals surface area (Å²) < 4.78 is 5.54. The molecule has 0 saturated heterocycles. The maximum absolute atomic E-state index is 10.0. The van der Waals surface area contributed by atoms with Crippen LogP contribution < -0.4 is 10.6 Å². The Bertz CT molecular complexity index is 553. The van der Waals surface area contributed by atoms with E-state index in [1.807, 2.05) is 0 Å². The number of nitrogens with zero attached hydrogens (tertiary/aromatic N) is 1. The first kappa shape index (κ1) is 18.2. The van der Waals surface area contributed by atoms with E-state index in [2.05, 4.69) is 47.9 Å². The predicted octanol–water partition coefficient (Wildman–Crippen LogP) is 2.06. The summed E-state index contributed by atoms with van der Waals surface area (Å²) in [5, 5.41) is 16.5. The maximum atomic E-state index is 10.0. The predicted molar refractivity (Wildman–Crippen MR) is 101 cm³/mol. The number of ether oxygens (including phenoxy) is 1. The molecule has 5 heteroatoms. The fourth-order valence-electron chi connectivity index (χ4n) is 2.98. The summed E-state index contributed by atoms with van der Waals surface area (Å²) in [6, 6.07) is 10.6. The van der Waals surface area contributed by atoms with Crippen LogP contribution in [0.1, 0.15) is 38.2 Å². The van der Waals surface area contributed by atoms with Crippen molar-refractivity contribution in [3.63, 3.8) is 0 Å². The van der Waals surface area contributed by atoms with Crippen LogP contribution in [0.5, 0.6) is 0 Å². The van der Waals surface area contributed by atoms with Gasteiger partial charge in [-0.1, -0.05) is 30.3 Å². The Hall–Kier alpha value is -1.59. The number of guanidine groups is 1. The molecular formula is C20H31N3O2. The molecule has 0 bridgehead atoms. The lowest BCUT2D eigenvalue weighted by atomic mass is 9.96. The normalized spacial score (nSPS) is 20.2. The number of aliphatic hydroxyl groups is 1. The van der Waals surface area contributed by atoms with Gasteiger partial charge >= 0.3 is 0 Å². The second-order valence-electron chi connectivity index (χ2n) is 7.36. The van der Waals surface area contributed by atoms with Gasteiger partial charge in [0, 0.05) is 25.1 Å². The van der Waals surface area contributed by atoms with Crippen LogP contribution in [-0.2, 0) is 10.2 Å². The van der Waals surface area contributed by atoms with Crippen molar-refractivity contribution in [2.75, 3.05) is 32.8 Å². The third-order valence-electron chi connectivity index (χ3n) is 4.99. The molecule has 0 heterocycles. The first-order valence-corrected chi connectivity index (χ1v) is 9.55. The second-order valence-corrected chi connectivity index (χ2v) is 7.36. The summed E-state index contributed by atoms with van der Waals surface area (Å²) in [7, 11) is 0. The number of aliphatic hydroxyl groups excluding tert-OH is 1. The minimum atomic E-state index is -0.508. The number of hydrogen-bond acceptors (Lipinski definition) is 3. The fraction of sp³-hybridized carbons (Fsp3) is 0.650. The first-order chi connectivity index (χ1) is 12.2. The molecule has 0 spiro atoms. The molecule has 2 aliphatic rings. The molecule has 3 rings (SSSR count). The van der Waals surface area contributed by atoms with Crippen LogP contribution in [0.4, 0.5) is 0 Å². The van der Waals surface area contributed by atoms with Gasteiger partial charge in [-0.05, 0) is 44.1 Å². The van der Waals surface area contributed by atoms with Crippen LogP contribution in [0.2, 0.25) is 0 Å². The van der Waals surface area contributed by atoms with E-state index in [1.165, 1.54) is 31.2 Å². The van der Waals surface area contributed by atoms with E-state index in [0.29, 0.717) is 13.2 Å². The lowest BCUT2D eigenvalue weighted by Gasteiger charge is -2.17. The Kier molecular flexibility index (Phi) is 6.32. The largest absolute Gasteiger partial charge is 0.389 e. The summed E-state index contributed by atoms with van der Waals surface area (Å²) in [4.78, 5) is 4.76. The topological polar surface area (TPSA) is 65.9 Å². The zero-order chi connectivity index (χ0) is 17.5. The van der Waals surface area contributed by atoms with Crippen molar-refractivity contribution in [2.24, 2.45) is 10.9 Å². The molecule has 1 aromatic carbocycles. The molecule has 2 saturated carbocycles. The Labute approximate surface area is 150 Å². The second kappa shape index (κ2) is 8.68. The number of nitrogens with one attached hydrogen (secondary N) is 2. The van der Waals surface area contributed by atoms with Crippen molar-refractivity contribution in [3.05, 3.63) is 35.9 Å². The highest BCUT2D eigenvalue weighted by Crippen LogP contribution is 2.48. The Balaban J connectivity index is 1.45. The van der Waals surface area contributed by atoms with Gasteiger partial charge in [-0.15, -0.1) is 0 Å². The molecule has 0 radical (unpaired) electrons. The van der Waals surface area contributed by atoms with Gasteiger partial charge in [0.1, 0.15) is 0 Å². The molecule has 5 nitrogen and oxygen atoms in total. The van der Waals surface area contributed by atoms with Crippen LogP contribution in [0.3, 0.4) is 0 Å². The average molecular weight is 345 g/mol. The standard InChI is InChI=1S/C20H31N3O2/c1-2-21-19(22-12-18(24)14-25-13-16-8-9-16)23-15-20(10-11-20)17-6-4-3-5-7-17/h3-7,16,18,24H,2,8-15H2,1H3,(H2,21,22,23). The highest BCUT2D eigenvalue weighted by Gasteiger charge is 2.43. The molecule has 1 atom stereocenters. The first-order valence-electron chi connectivity index (χ1n) is 9.55. The Morgan fingerprint density at radius 1 is 1.28 bits per heavy atom. The molecule has 0 aromatic heterocycles. The number of aliphatic imine (C=N–C) groups is 1. The van der Waals surface area contributed by atoms with Crippen LogP contribution in [0.25, 0.3) is 0 Å². The van der Waals surface area contributed by atoms with Crippen molar-refractivity contribution >= 4 is 5.96 Å². The summed E-state index contributed by atoms with van der Waals surface area (Å²) >= 11 is 0. The Morgan fingerprint density at radius 2 is 2.04 bits per heavy atom. The molecule has 3 N–H and O–H groups in total. The Morgan fingerprint density at radius 3 is 2.68 bits per heavy atom. The van der Waals surface area contributed by atoms with Gasteiger partial charge in [0.25, 0.3) is 0 Å². The van der Waals surface area contributed by atoms with E-state index in [-0.39, 0.29) is 5.41 Å². The third-order valence-corrected chi connectivity index (χ3v) is 4.99. The van der Waals surface area contributed by atoms with Gasteiger partial charge in [-0.3, -0.25) is 4.99 Å². The lowest BCUT2D eigenvalue weighted by molar-refractivity contribution is 0.0345. The van der Waals surface area contributed by atoms with Crippen molar-refractivity contribution < 1.29 is 9.84 Å². The van der Waals surface area contributed by atoms with Gasteiger partial charge in [0.05, 0.1) is 19.3 Å². The van der Waals surface area contributed by atoms with Gasteiger partial charge in [-0.2, -0.15) is 0 Å². The zero-order valence-electron chi connectivity index (χ0n) is 15.2. The van der Waals surface area contributed by atoms with Gasteiger partial charge in [0.2, 0.25) is 0 Å². The molecule has 2 fully saturated rings. The van der Waals surface area contributed by atoms with Crippen molar-refractivity contribution in [2.45, 2.75) is 44.1 Å². The van der Waals surface area contributed by atoms with Gasteiger partial charge < -0.3 is 20.5 Å². The van der Waals surface area contributed by atoms with E-state index in [4.69, 9.17) is 9.73 Å². The van der Waals surface area contributed by atoms with E-state index < -0.39 is 6.10 Å². The number of rotatable bonds is 10. The van der Waals surface area contributed by atoms with Crippen molar-refractivity contribution in [1.29, 1.82) is 0 Å². The molecule has 1 unspecified atom stereocenters. The quantitative estimate of drug-likeness (QED) is 0.449. The zero-order valence-corrected chi connectivity index (χ0v) is 15.2. The van der Waals surface area contributed by atoms with E-state index in [0.717, 1.165) is 31.6 Å². The van der Waals surface area contributed by atoms with E-state index >= 15 is 0 Å². The molecule has 138 valence electrons. The minimum Gasteiger partial charge on any atom is -0.389 e. The third kappa shape index (κ3) is 5.72. The summed E-state index contributed by atoms with van der Waals surface area (Å²) in [5.74, 6) is 1.50. The van der Waals surface area contributed by atoms with Crippen molar-refractivity contribution in [3.8, 4) is 0 Å². The van der Waals surface area contributed by atoms with Gasteiger partial charge in [-0.25, -0.2) is 0 Å². The maximum Gasteiger partial charge on any atom is 0.191 e. The minimum absolute atomic E-state index is 0.204. The number of benzene rings is 1. The van der Waals surface area contributed by atoms with Crippen LogP contribution in [0.15, 0.2) is 35.3 Å². The van der Waals surface area contributed by atoms with Gasteiger partial charge in [0.15, 0.2) is 5.96 Å². The summed E-state index contributed by atoms with van der Waals surface area (Å²) in [6.07, 6.45) is 4.42. The molecule has 2 aliphatic carbocycles. The number of hydrogen-bond donors (Lipinski definition) is 3. The molecular weight excluding hydrogens is 314 g/mol. The molecule has 25 heavy (non-hydrogen) atoms. The highest BCUT2D eigenvalue weighted by molar-refractivity contribution is 5.79. The molecule has 1 aromatic rings. The molecule has 0 amide bonds. The van der Waals surface area contributed by atoms with Crippen LogP contribution in [0, 0.1) is 5.92 Å². The van der Waals surface area contributed by atoms with Crippen LogP contribution >= 0.6 is 0 Å². The van der Waals surface area contributed by atoms with Crippen molar-refractivity contribution in [1.82, 2.24) is 10.6 Å². The lowest BCUT2D eigenvalue weighted by Crippen LogP contribution is -2.42. The average Bonchev–Trinajstić information content (AvgIpc) is 3.54. The SMILES string of the molecule is CCNC(=NCC1(c2ccccc2)CC1)NCC(O)COCC1CC1. The molecule has 0 aliphatic heterocycles. The van der Waals surface area contributed by atoms with E-state index in [1.54, 1.807) is 0 Å². The summed E-state index contributed by atoms with van der Waals surface area (Å²) in [5.41, 5.74) is 1.58. The smallest absolute Gasteiger partial charge is 0.191 e. The van der Waals surface area contributed by atoms with Crippen LogP contribution in [-0.4, -0.2) is 50.0 Å². The summed E-state index contributed by atoms with van der Waals surface area (Å²) in [6.45, 7) is 5.26. The highest BCUT2D eigenvalue weighted by atomic mass is 16.5. The fourth-order valence-corrected chi connectivity index (χ4v) is 2.98. The van der Waals surface area contributed by atoms with E-state index in [9.17, 15) is 5.11 Å². The monoisotopic (exact) mass is 345 g/mol.